The molecule has 4 nitrogen and oxygen atoms in total. The number of rotatable bonds is 7. The van der Waals surface area contributed by atoms with Crippen LogP contribution in [0.5, 0.6) is 0 Å². The maximum atomic E-state index is 11.4. The van der Waals surface area contributed by atoms with Crippen LogP contribution >= 0.6 is 0 Å². The molecule has 1 aliphatic rings. The summed E-state index contributed by atoms with van der Waals surface area (Å²) >= 11 is 0. The van der Waals surface area contributed by atoms with Crippen LogP contribution in [0, 0.1) is 5.41 Å². The van der Waals surface area contributed by atoms with Crippen molar-refractivity contribution in [3.8, 4) is 0 Å². The van der Waals surface area contributed by atoms with Gasteiger partial charge in [-0.1, -0.05) is 0 Å². The zero-order valence-electron chi connectivity index (χ0n) is 9.71. The highest BCUT2D eigenvalue weighted by molar-refractivity contribution is 5.76. The highest BCUT2D eigenvalue weighted by atomic mass is 16.5. The van der Waals surface area contributed by atoms with Gasteiger partial charge in [0.2, 0.25) is 5.91 Å². The Balaban J connectivity index is 2.16. The van der Waals surface area contributed by atoms with Gasteiger partial charge in [0.1, 0.15) is 0 Å². The Morgan fingerprint density at radius 1 is 1.60 bits per heavy atom. The van der Waals surface area contributed by atoms with Crippen molar-refractivity contribution in [3.05, 3.63) is 0 Å². The fourth-order valence-corrected chi connectivity index (χ4v) is 1.66. The molecule has 4 heteroatoms. The third-order valence-corrected chi connectivity index (χ3v) is 2.96. The topological polar surface area (TPSA) is 64.3 Å². The van der Waals surface area contributed by atoms with Crippen LogP contribution in [0.25, 0.3) is 0 Å². The lowest BCUT2D eigenvalue weighted by Crippen LogP contribution is -2.34. The van der Waals surface area contributed by atoms with E-state index in [2.05, 4.69) is 5.32 Å². The monoisotopic (exact) mass is 214 g/mol. The summed E-state index contributed by atoms with van der Waals surface area (Å²) in [6.07, 6.45) is 3.87. The van der Waals surface area contributed by atoms with Crippen molar-refractivity contribution in [3.63, 3.8) is 0 Å². The Hall–Kier alpha value is -0.610. The van der Waals surface area contributed by atoms with Gasteiger partial charge in [-0.25, -0.2) is 0 Å². The highest BCUT2D eigenvalue weighted by Gasteiger charge is 2.41. The minimum Gasteiger partial charge on any atom is -0.385 e. The van der Waals surface area contributed by atoms with E-state index in [0.29, 0.717) is 11.8 Å². The van der Waals surface area contributed by atoms with Gasteiger partial charge in [0.05, 0.1) is 0 Å². The number of carbonyl (C=O) groups excluding carboxylic acids is 1. The first-order chi connectivity index (χ1) is 7.08. The molecule has 0 heterocycles. The molecule has 1 rings (SSSR count). The largest absolute Gasteiger partial charge is 0.385 e. The molecule has 3 N–H and O–H groups in total. The summed E-state index contributed by atoms with van der Waals surface area (Å²) in [7, 11) is 1.71. The van der Waals surface area contributed by atoms with E-state index in [0.717, 1.165) is 19.6 Å². The van der Waals surface area contributed by atoms with Crippen molar-refractivity contribution >= 4 is 5.91 Å². The summed E-state index contributed by atoms with van der Waals surface area (Å²) in [5, 5.41) is 2.95. The fourth-order valence-electron chi connectivity index (χ4n) is 1.66. The minimum absolute atomic E-state index is 0.0564. The number of ether oxygens (including phenoxy) is 1. The first-order valence-corrected chi connectivity index (χ1v) is 5.59. The van der Waals surface area contributed by atoms with E-state index < -0.39 is 0 Å². The molecule has 1 aliphatic carbocycles. The predicted octanol–water partition coefficient (Wildman–Crippen LogP) is 0.657. The molecular weight excluding hydrogens is 192 g/mol. The zero-order chi connectivity index (χ0) is 11.3. The molecule has 15 heavy (non-hydrogen) atoms. The average molecular weight is 214 g/mol. The van der Waals surface area contributed by atoms with E-state index in [-0.39, 0.29) is 11.9 Å². The van der Waals surface area contributed by atoms with Crippen LogP contribution in [-0.4, -0.2) is 32.2 Å². The third-order valence-electron chi connectivity index (χ3n) is 2.96. The maximum absolute atomic E-state index is 11.4. The average Bonchev–Trinajstić information content (AvgIpc) is 2.92. The van der Waals surface area contributed by atoms with Gasteiger partial charge in [0, 0.05) is 32.7 Å². The van der Waals surface area contributed by atoms with Gasteiger partial charge < -0.3 is 15.8 Å². The summed E-state index contributed by atoms with van der Waals surface area (Å²) < 4.78 is 5.06. The Labute approximate surface area is 91.5 Å². The second-order valence-electron chi connectivity index (χ2n) is 4.70. The highest BCUT2D eigenvalue weighted by Crippen LogP contribution is 2.48. The zero-order valence-corrected chi connectivity index (χ0v) is 9.71. The van der Waals surface area contributed by atoms with Gasteiger partial charge in [-0.3, -0.25) is 4.79 Å². The Kier molecular flexibility index (Phi) is 4.54. The van der Waals surface area contributed by atoms with Gasteiger partial charge in [-0.15, -0.1) is 0 Å². The molecule has 1 fully saturated rings. The molecule has 1 atom stereocenters. The molecule has 0 aromatic carbocycles. The first-order valence-electron chi connectivity index (χ1n) is 5.59. The number of hydrogen-bond donors (Lipinski definition) is 2. The molecule has 0 aromatic heterocycles. The van der Waals surface area contributed by atoms with Crippen LogP contribution < -0.4 is 11.1 Å². The van der Waals surface area contributed by atoms with E-state index >= 15 is 0 Å². The number of hydrogen-bond acceptors (Lipinski definition) is 3. The second-order valence-corrected chi connectivity index (χ2v) is 4.70. The molecule has 0 radical (unpaired) electrons. The number of methoxy groups -OCH3 is 1. The first kappa shape index (κ1) is 12.5. The van der Waals surface area contributed by atoms with Gasteiger partial charge in [-0.05, 0) is 31.6 Å². The smallest absolute Gasteiger partial charge is 0.221 e. The number of nitrogens with two attached hydrogens (primary N) is 1. The predicted molar refractivity (Wildman–Crippen MR) is 59.4 cm³/mol. The molecule has 1 amide bonds. The van der Waals surface area contributed by atoms with E-state index in [1.165, 1.54) is 12.8 Å². The molecule has 0 spiro atoms. The van der Waals surface area contributed by atoms with Crippen LogP contribution in [-0.2, 0) is 9.53 Å². The van der Waals surface area contributed by atoms with Crippen molar-refractivity contribution in [2.24, 2.45) is 11.1 Å². The van der Waals surface area contributed by atoms with Crippen LogP contribution in [0.3, 0.4) is 0 Å². The maximum Gasteiger partial charge on any atom is 0.221 e. The van der Waals surface area contributed by atoms with E-state index in [1.807, 2.05) is 6.92 Å². The molecule has 0 bridgehead atoms. The Bertz CT molecular complexity index is 213. The lowest BCUT2D eigenvalue weighted by Gasteiger charge is -2.15. The summed E-state index contributed by atoms with van der Waals surface area (Å²) in [4.78, 5) is 11.4. The van der Waals surface area contributed by atoms with Gasteiger partial charge >= 0.3 is 0 Å². The van der Waals surface area contributed by atoms with Gasteiger partial charge in [0.25, 0.3) is 0 Å². The van der Waals surface area contributed by atoms with Gasteiger partial charge in [0.15, 0.2) is 0 Å². The van der Waals surface area contributed by atoms with Crippen molar-refractivity contribution < 1.29 is 9.53 Å². The van der Waals surface area contributed by atoms with Crippen molar-refractivity contribution in [1.29, 1.82) is 0 Å². The van der Waals surface area contributed by atoms with E-state index in [1.54, 1.807) is 7.11 Å². The molecule has 1 saturated carbocycles. The SMILES string of the molecule is COCCC1(CNC(=O)CC(C)N)CC1. The van der Waals surface area contributed by atoms with Crippen LogP contribution in [0.4, 0.5) is 0 Å². The lowest BCUT2D eigenvalue weighted by molar-refractivity contribution is -0.121. The van der Waals surface area contributed by atoms with Crippen LogP contribution in [0.1, 0.15) is 32.6 Å². The van der Waals surface area contributed by atoms with Crippen molar-refractivity contribution in [2.45, 2.75) is 38.6 Å². The molecule has 0 saturated heterocycles. The normalized spacial score (nSPS) is 19.7. The van der Waals surface area contributed by atoms with E-state index in [4.69, 9.17) is 10.5 Å². The molecule has 0 aliphatic heterocycles. The standard InChI is InChI=1S/C11H22N2O2/c1-9(12)7-10(14)13-8-11(3-4-11)5-6-15-2/h9H,3-8,12H2,1-2H3,(H,13,14). The van der Waals surface area contributed by atoms with Gasteiger partial charge in [-0.2, -0.15) is 0 Å². The fraction of sp³-hybridized carbons (Fsp3) is 0.909. The lowest BCUT2D eigenvalue weighted by atomic mass is 10.0. The summed E-state index contributed by atoms with van der Waals surface area (Å²) in [5.74, 6) is 0.0636. The summed E-state index contributed by atoms with van der Waals surface area (Å²) in [6.45, 7) is 3.41. The second kappa shape index (κ2) is 5.47. The quantitative estimate of drug-likeness (QED) is 0.654. The number of carbonyl (C=O) groups is 1. The molecule has 1 unspecified atom stereocenters. The Morgan fingerprint density at radius 2 is 2.27 bits per heavy atom. The number of nitrogens with one attached hydrogen (secondary N) is 1. The van der Waals surface area contributed by atoms with Crippen molar-refractivity contribution in [2.75, 3.05) is 20.3 Å². The molecule has 88 valence electrons. The third kappa shape index (κ3) is 4.62. The van der Waals surface area contributed by atoms with Crippen LogP contribution in [0.15, 0.2) is 0 Å². The number of amides is 1. The molecular formula is C11H22N2O2. The molecule has 0 aromatic rings. The van der Waals surface area contributed by atoms with Crippen molar-refractivity contribution in [1.82, 2.24) is 5.32 Å². The summed E-state index contributed by atoms with van der Waals surface area (Å²) in [6, 6.07) is -0.0564. The van der Waals surface area contributed by atoms with Crippen LogP contribution in [0.2, 0.25) is 0 Å². The Morgan fingerprint density at radius 3 is 2.73 bits per heavy atom. The minimum atomic E-state index is -0.0564. The summed E-state index contributed by atoms with van der Waals surface area (Å²) in [5.41, 5.74) is 5.87. The van der Waals surface area contributed by atoms with E-state index in [9.17, 15) is 4.79 Å².